The number of carbonyl (C=O) groups excluding carboxylic acids is 2. The van der Waals surface area contributed by atoms with Crippen LogP contribution in [-0.2, 0) is 29.0 Å². The summed E-state index contributed by atoms with van der Waals surface area (Å²) in [4.78, 5) is 29.6. The molecule has 3 aromatic rings. The van der Waals surface area contributed by atoms with Gasteiger partial charge < -0.3 is 10.2 Å². The average Bonchev–Trinajstić information content (AvgIpc) is 2.87. The molecular weight excluding hydrogens is 480 g/mol. The third kappa shape index (κ3) is 7.93. The zero-order chi connectivity index (χ0) is 26.2. The predicted octanol–water partition coefficient (Wildman–Crippen LogP) is 6.59. The zero-order valence-corrected chi connectivity index (χ0v) is 22.6. The van der Waals surface area contributed by atoms with Gasteiger partial charge in [0.2, 0.25) is 11.8 Å². The molecule has 0 bridgehead atoms. The van der Waals surface area contributed by atoms with Crippen molar-refractivity contribution in [2.45, 2.75) is 77.4 Å². The highest BCUT2D eigenvalue weighted by Gasteiger charge is 2.32. The summed E-state index contributed by atoms with van der Waals surface area (Å²) in [7, 11) is 0. The molecule has 0 aliphatic heterocycles. The van der Waals surface area contributed by atoms with Crippen molar-refractivity contribution in [3.8, 4) is 0 Å². The normalized spacial score (nSPS) is 14.7. The molecule has 194 valence electrons. The molecule has 0 saturated heterocycles. The second-order valence-electron chi connectivity index (χ2n) is 10.4. The fourth-order valence-electron chi connectivity index (χ4n) is 5.33. The lowest BCUT2D eigenvalue weighted by Crippen LogP contribution is -2.53. The minimum absolute atomic E-state index is 0.0559. The number of hydrogen-bond donors (Lipinski definition) is 1. The number of hydrogen-bond acceptors (Lipinski definition) is 2. The quantitative estimate of drug-likeness (QED) is 0.349. The molecule has 0 spiro atoms. The van der Waals surface area contributed by atoms with Crippen molar-refractivity contribution >= 4 is 23.4 Å². The van der Waals surface area contributed by atoms with E-state index in [0.29, 0.717) is 18.0 Å². The maximum absolute atomic E-state index is 14.0. The molecule has 2 amide bonds. The number of amides is 2. The summed E-state index contributed by atoms with van der Waals surface area (Å²) in [5, 5.41) is 3.94. The smallest absolute Gasteiger partial charge is 0.243 e. The number of carbonyl (C=O) groups is 2. The van der Waals surface area contributed by atoms with E-state index in [0.717, 1.165) is 53.5 Å². The molecule has 5 heteroatoms. The van der Waals surface area contributed by atoms with Gasteiger partial charge >= 0.3 is 0 Å². The zero-order valence-electron chi connectivity index (χ0n) is 21.9. The second-order valence-corrected chi connectivity index (χ2v) is 10.8. The van der Waals surface area contributed by atoms with E-state index in [9.17, 15) is 9.59 Å². The Bertz CT molecular complexity index is 1170. The van der Waals surface area contributed by atoms with E-state index in [1.54, 1.807) is 4.90 Å². The first-order chi connectivity index (χ1) is 17.9. The molecule has 37 heavy (non-hydrogen) atoms. The lowest BCUT2D eigenvalue weighted by molar-refractivity contribution is -0.141. The van der Waals surface area contributed by atoms with E-state index in [1.165, 1.54) is 6.42 Å². The third-order valence-corrected chi connectivity index (χ3v) is 7.38. The highest BCUT2D eigenvalue weighted by molar-refractivity contribution is 6.30. The number of aryl methyl sites for hydroxylation is 2. The van der Waals surface area contributed by atoms with Crippen LogP contribution < -0.4 is 5.32 Å². The fraction of sp³-hybridized carbons (Fsp3) is 0.375. The van der Waals surface area contributed by atoms with E-state index in [4.69, 9.17) is 11.6 Å². The molecule has 1 atom stereocenters. The topological polar surface area (TPSA) is 49.4 Å². The molecule has 0 aromatic heterocycles. The predicted molar refractivity (Wildman–Crippen MR) is 151 cm³/mol. The highest BCUT2D eigenvalue weighted by atomic mass is 35.5. The first kappa shape index (κ1) is 26.9. The third-order valence-electron chi connectivity index (χ3n) is 7.13. The molecule has 1 N–H and O–H groups in total. The average molecular weight is 517 g/mol. The van der Waals surface area contributed by atoms with Crippen molar-refractivity contribution in [3.05, 3.63) is 106 Å². The van der Waals surface area contributed by atoms with Crippen LogP contribution in [0.25, 0.3) is 0 Å². The molecule has 1 unspecified atom stereocenters. The Labute approximate surface area is 226 Å². The first-order valence-corrected chi connectivity index (χ1v) is 13.7. The van der Waals surface area contributed by atoms with E-state index >= 15 is 0 Å². The van der Waals surface area contributed by atoms with Crippen molar-refractivity contribution < 1.29 is 9.59 Å². The number of halogens is 1. The summed E-state index contributed by atoms with van der Waals surface area (Å²) in [6.45, 7) is 4.43. The Hall–Kier alpha value is -3.11. The Kier molecular flexibility index (Phi) is 9.40. The molecule has 1 aliphatic carbocycles. The van der Waals surface area contributed by atoms with Gasteiger partial charge in [0, 0.05) is 24.0 Å². The highest BCUT2D eigenvalue weighted by Crippen LogP contribution is 2.21. The van der Waals surface area contributed by atoms with Crippen LogP contribution in [0.2, 0.25) is 5.02 Å². The Morgan fingerprint density at radius 3 is 2.16 bits per heavy atom. The van der Waals surface area contributed by atoms with Gasteiger partial charge in [-0.2, -0.15) is 0 Å². The van der Waals surface area contributed by atoms with Crippen molar-refractivity contribution in [1.82, 2.24) is 10.2 Å². The standard InChI is InChI=1S/C32H37ClN2O2/c1-23-17-24(2)19-27(18-23)21-31(36)35(22-26-13-15-28(33)16-14-26)30(20-25-9-5-3-6-10-25)32(37)34-29-11-7-4-8-12-29/h3,5-6,9-10,13-19,29-30H,4,7-8,11-12,20-22H2,1-2H3,(H,34,37). The summed E-state index contributed by atoms with van der Waals surface area (Å²) in [6.07, 6.45) is 6.19. The van der Waals surface area contributed by atoms with Crippen LogP contribution in [0.4, 0.5) is 0 Å². The first-order valence-electron chi connectivity index (χ1n) is 13.3. The van der Waals surface area contributed by atoms with Gasteiger partial charge in [-0.3, -0.25) is 9.59 Å². The van der Waals surface area contributed by atoms with E-state index in [2.05, 4.69) is 23.5 Å². The summed E-state index contributed by atoms with van der Waals surface area (Å²) in [5.74, 6) is -0.127. The van der Waals surface area contributed by atoms with Gasteiger partial charge in [0.25, 0.3) is 0 Å². The van der Waals surface area contributed by atoms with E-state index in [-0.39, 0.29) is 24.3 Å². The van der Waals surface area contributed by atoms with Crippen LogP contribution in [0.5, 0.6) is 0 Å². The minimum Gasteiger partial charge on any atom is -0.352 e. The summed E-state index contributed by atoms with van der Waals surface area (Å²) in [6, 6.07) is 23.3. The molecular formula is C32H37ClN2O2. The maximum atomic E-state index is 14.0. The molecule has 3 aromatic carbocycles. The molecule has 1 fully saturated rings. The second kappa shape index (κ2) is 12.9. The monoisotopic (exact) mass is 516 g/mol. The fourth-order valence-corrected chi connectivity index (χ4v) is 5.46. The summed E-state index contributed by atoms with van der Waals surface area (Å²) >= 11 is 6.13. The van der Waals surface area contributed by atoms with Gasteiger partial charge in [0.05, 0.1) is 6.42 Å². The molecule has 1 aliphatic rings. The summed E-state index contributed by atoms with van der Waals surface area (Å²) in [5.41, 5.74) is 5.20. The van der Waals surface area contributed by atoms with Gasteiger partial charge in [-0.05, 0) is 55.5 Å². The van der Waals surface area contributed by atoms with E-state index in [1.807, 2.05) is 68.4 Å². The number of rotatable bonds is 9. The van der Waals surface area contributed by atoms with Crippen LogP contribution in [0.1, 0.15) is 59.9 Å². The van der Waals surface area contributed by atoms with Crippen molar-refractivity contribution in [1.29, 1.82) is 0 Å². The maximum Gasteiger partial charge on any atom is 0.243 e. The van der Waals surface area contributed by atoms with Gasteiger partial charge in [0.1, 0.15) is 6.04 Å². The molecule has 0 heterocycles. The number of nitrogens with zero attached hydrogens (tertiary/aromatic N) is 1. The van der Waals surface area contributed by atoms with Crippen LogP contribution >= 0.6 is 11.6 Å². The lowest BCUT2D eigenvalue weighted by Gasteiger charge is -2.33. The Morgan fingerprint density at radius 1 is 0.865 bits per heavy atom. The molecule has 4 nitrogen and oxygen atoms in total. The molecule has 1 saturated carbocycles. The SMILES string of the molecule is Cc1cc(C)cc(CC(=O)N(Cc2ccc(Cl)cc2)C(Cc2ccccc2)C(=O)NC2CCCCC2)c1. The van der Waals surface area contributed by atoms with Gasteiger partial charge in [-0.25, -0.2) is 0 Å². The minimum atomic E-state index is -0.613. The van der Waals surface area contributed by atoms with Crippen LogP contribution in [-0.4, -0.2) is 28.8 Å². The van der Waals surface area contributed by atoms with Crippen molar-refractivity contribution in [2.75, 3.05) is 0 Å². The summed E-state index contributed by atoms with van der Waals surface area (Å²) < 4.78 is 0. The van der Waals surface area contributed by atoms with Gasteiger partial charge in [0.15, 0.2) is 0 Å². The largest absolute Gasteiger partial charge is 0.352 e. The molecule has 4 rings (SSSR count). The van der Waals surface area contributed by atoms with Crippen LogP contribution in [0.15, 0.2) is 72.8 Å². The lowest BCUT2D eigenvalue weighted by atomic mass is 9.94. The Balaban J connectivity index is 1.66. The molecule has 0 radical (unpaired) electrons. The van der Waals surface area contributed by atoms with Crippen LogP contribution in [0.3, 0.4) is 0 Å². The van der Waals surface area contributed by atoms with Crippen molar-refractivity contribution in [2.24, 2.45) is 0 Å². The Morgan fingerprint density at radius 2 is 1.51 bits per heavy atom. The van der Waals surface area contributed by atoms with Crippen molar-refractivity contribution in [3.63, 3.8) is 0 Å². The van der Waals surface area contributed by atoms with Gasteiger partial charge in [-0.15, -0.1) is 0 Å². The number of benzene rings is 3. The van der Waals surface area contributed by atoms with E-state index < -0.39 is 6.04 Å². The van der Waals surface area contributed by atoms with Crippen LogP contribution in [0, 0.1) is 13.8 Å². The van der Waals surface area contributed by atoms with Gasteiger partial charge in [-0.1, -0.05) is 103 Å². The number of nitrogens with one attached hydrogen (secondary N) is 1.